The maximum Gasteiger partial charge on any atom is 0.171 e. The number of oxime groups is 1. The summed E-state index contributed by atoms with van der Waals surface area (Å²) in [5.41, 5.74) is 4.57. The van der Waals surface area contributed by atoms with Crippen LogP contribution in [0.3, 0.4) is 0 Å². The van der Waals surface area contributed by atoms with Gasteiger partial charge in [-0.2, -0.15) is 0 Å². The Morgan fingerprint density at radius 2 is 2.03 bits per heavy atom. The monoisotopic (exact) mass is 464 g/mol. The second kappa shape index (κ2) is 9.29. The summed E-state index contributed by atoms with van der Waals surface area (Å²) >= 11 is 0. The summed E-state index contributed by atoms with van der Waals surface area (Å²) in [6, 6.07) is 9.99. The lowest BCUT2D eigenvalue weighted by Gasteiger charge is -2.36. The molecule has 0 bridgehead atoms. The summed E-state index contributed by atoms with van der Waals surface area (Å²) in [7, 11) is 1.65. The number of aryl methyl sites for hydroxylation is 1. The minimum atomic E-state index is -0.843. The number of methoxy groups -OCH3 is 1. The Balaban J connectivity index is 1.47. The number of amidine groups is 1. The van der Waals surface area contributed by atoms with E-state index < -0.39 is 11.6 Å². The molecule has 2 aliphatic heterocycles. The second-order valence-electron chi connectivity index (χ2n) is 8.55. The number of halogens is 2. The fraction of sp³-hybridized carbons (Fsp3) is 0.308. The lowest BCUT2D eigenvalue weighted by atomic mass is 9.95. The highest BCUT2D eigenvalue weighted by molar-refractivity contribution is 6.02. The standard InChI is InChI=1S/C26H26F2N4O2/c1-17-15-31(16-29-17)24-8-5-18(13-25(24)33-2)12-20-4-3-10-32-23(9-11-34-30-26(20)32)19-6-7-21(27)22(28)14-19/h5-8,12-16,23H,3-4,9-11H2,1-2H3/b20-12+/t23-/m0/s1. The molecular weight excluding hydrogens is 438 g/mol. The van der Waals surface area contributed by atoms with E-state index in [1.807, 2.05) is 35.9 Å². The molecule has 0 unspecified atom stereocenters. The molecule has 8 heteroatoms. The van der Waals surface area contributed by atoms with E-state index in [4.69, 9.17) is 9.57 Å². The summed E-state index contributed by atoms with van der Waals surface area (Å²) in [6.45, 7) is 3.12. The topological polar surface area (TPSA) is 51.9 Å². The SMILES string of the molecule is COc1cc(/C=C2\CCCN3C2=NOCC[C@H]3c2ccc(F)c(F)c2)ccc1-n1cnc(C)c1. The van der Waals surface area contributed by atoms with Gasteiger partial charge in [-0.3, -0.25) is 0 Å². The Morgan fingerprint density at radius 1 is 1.15 bits per heavy atom. The molecule has 3 heterocycles. The van der Waals surface area contributed by atoms with E-state index in [0.29, 0.717) is 13.0 Å². The first-order valence-electron chi connectivity index (χ1n) is 11.3. The van der Waals surface area contributed by atoms with Crippen LogP contribution >= 0.6 is 0 Å². The van der Waals surface area contributed by atoms with Crippen LogP contribution in [0.25, 0.3) is 11.8 Å². The molecule has 2 aromatic carbocycles. The number of hydrogen-bond acceptors (Lipinski definition) is 5. The Labute approximate surface area is 197 Å². The molecule has 3 aromatic rings. The zero-order valence-corrected chi connectivity index (χ0v) is 19.2. The first-order valence-corrected chi connectivity index (χ1v) is 11.3. The maximum atomic E-state index is 14.0. The van der Waals surface area contributed by atoms with Gasteiger partial charge in [0, 0.05) is 19.2 Å². The molecule has 6 nitrogen and oxygen atoms in total. The maximum absolute atomic E-state index is 14.0. The number of piperidine rings is 1. The van der Waals surface area contributed by atoms with Gasteiger partial charge in [0.1, 0.15) is 12.4 Å². The normalized spacial score (nSPS) is 19.3. The van der Waals surface area contributed by atoms with Gasteiger partial charge in [0.2, 0.25) is 0 Å². The number of rotatable bonds is 4. The van der Waals surface area contributed by atoms with E-state index in [2.05, 4.69) is 21.1 Å². The van der Waals surface area contributed by atoms with Crippen molar-refractivity contribution in [1.82, 2.24) is 14.5 Å². The average molecular weight is 465 g/mol. The number of nitrogens with zero attached hydrogens (tertiary/aromatic N) is 4. The Morgan fingerprint density at radius 3 is 2.79 bits per heavy atom. The summed E-state index contributed by atoms with van der Waals surface area (Å²) in [6.07, 6.45) is 8.21. The van der Waals surface area contributed by atoms with Gasteiger partial charge in [0.15, 0.2) is 17.5 Å². The van der Waals surface area contributed by atoms with Crippen molar-refractivity contribution in [2.75, 3.05) is 20.3 Å². The Kier molecular flexibility index (Phi) is 6.04. The molecule has 0 aliphatic carbocycles. The first-order chi connectivity index (χ1) is 16.5. The van der Waals surface area contributed by atoms with Crippen LogP contribution in [0.1, 0.15) is 42.1 Å². The zero-order chi connectivity index (χ0) is 23.7. The van der Waals surface area contributed by atoms with Crippen molar-refractivity contribution in [3.05, 3.63) is 83.0 Å². The molecule has 176 valence electrons. The van der Waals surface area contributed by atoms with Crippen molar-refractivity contribution < 1.29 is 18.4 Å². The van der Waals surface area contributed by atoms with Gasteiger partial charge >= 0.3 is 0 Å². The van der Waals surface area contributed by atoms with E-state index in [1.165, 1.54) is 12.1 Å². The van der Waals surface area contributed by atoms with Crippen molar-refractivity contribution in [3.8, 4) is 11.4 Å². The highest BCUT2D eigenvalue weighted by Gasteiger charge is 2.31. The zero-order valence-electron chi connectivity index (χ0n) is 19.2. The van der Waals surface area contributed by atoms with Crippen molar-refractivity contribution in [3.63, 3.8) is 0 Å². The van der Waals surface area contributed by atoms with Gasteiger partial charge in [-0.05, 0) is 66.8 Å². The van der Waals surface area contributed by atoms with E-state index in [9.17, 15) is 8.78 Å². The summed E-state index contributed by atoms with van der Waals surface area (Å²) in [5.74, 6) is -0.205. The van der Waals surface area contributed by atoms with Gasteiger partial charge in [-0.1, -0.05) is 17.3 Å². The second-order valence-corrected chi connectivity index (χ2v) is 8.55. The molecular formula is C26H26F2N4O2. The molecule has 1 atom stereocenters. The number of ether oxygens (including phenoxy) is 1. The number of fused-ring (bicyclic) bond motifs is 1. The predicted octanol–water partition coefficient (Wildman–Crippen LogP) is 5.42. The molecule has 0 N–H and O–H groups in total. The number of hydrogen-bond donors (Lipinski definition) is 0. The van der Waals surface area contributed by atoms with Crippen LogP contribution in [-0.4, -0.2) is 40.5 Å². The van der Waals surface area contributed by atoms with Gasteiger partial charge in [0.05, 0.1) is 30.9 Å². The van der Waals surface area contributed by atoms with Gasteiger partial charge in [-0.25, -0.2) is 13.8 Å². The van der Waals surface area contributed by atoms with E-state index in [1.54, 1.807) is 19.5 Å². The Bertz CT molecular complexity index is 1270. The summed E-state index contributed by atoms with van der Waals surface area (Å²) in [5, 5.41) is 4.41. The quantitative estimate of drug-likeness (QED) is 0.517. The highest BCUT2D eigenvalue weighted by atomic mass is 19.2. The van der Waals surface area contributed by atoms with Crippen LogP contribution in [0, 0.1) is 18.6 Å². The van der Waals surface area contributed by atoms with Gasteiger partial charge in [-0.15, -0.1) is 0 Å². The first kappa shape index (κ1) is 22.1. The smallest absolute Gasteiger partial charge is 0.171 e. The predicted molar refractivity (Wildman–Crippen MR) is 126 cm³/mol. The summed E-state index contributed by atoms with van der Waals surface area (Å²) in [4.78, 5) is 12.0. The average Bonchev–Trinajstić information content (AvgIpc) is 3.15. The summed E-state index contributed by atoms with van der Waals surface area (Å²) < 4.78 is 35.1. The molecule has 0 amide bonds. The number of aromatic nitrogens is 2. The number of benzene rings is 2. The fourth-order valence-corrected chi connectivity index (χ4v) is 4.64. The van der Waals surface area contributed by atoms with Crippen LogP contribution in [0.2, 0.25) is 0 Å². The third kappa shape index (κ3) is 4.27. The molecule has 0 radical (unpaired) electrons. The molecule has 1 fully saturated rings. The molecule has 2 aliphatic rings. The molecule has 1 aromatic heterocycles. The molecule has 0 saturated carbocycles. The van der Waals surface area contributed by atoms with Gasteiger partial charge in [0.25, 0.3) is 0 Å². The van der Waals surface area contributed by atoms with Crippen LogP contribution in [0.5, 0.6) is 5.75 Å². The van der Waals surface area contributed by atoms with Crippen molar-refractivity contribution >= 4 is 11.9 Å². The Hall–Kier alpha value is -3.68. The van der Waals surface area contributed by atoms with Crippen LogP contribution < -0.4 is 4.74 Å². The van der Waals surface area contributed by atoms with Crippen molar-refractivity contribution in [2.24, 2.45) is 5.16 Å². The fourth-order valence-electron chi connectivity index (χ4n) is 4.64. The molecule has 5 rings (SSSR count). The largest absolute Gasteiger partial charge is 0.495 e. The van der Waals surface area contributed by atoms with Gasteiger partial charge < -0.3 is 19.0 Å². The third-order valence-electron chi connectivity index (χ3n) is 6.28. The van der Waals surface area contributed by atoms with Crippen LogP contribution in [-0.2, 0) is 4.84 Å². The van der Waals surface area contributed by atoms with Crippen molar-refractivity contribution in [2.45, 2.75) is 32.2 Å². The molecule has 1 saturated heterocycles. The van der Waals surface area contributed by atoms with Crippen LogP contribution in [0.4, 0.5) is 8.78 Å². The van der Waals surface area contributed by atoms with E-state index >= 15 is 0 Å². The van der Waals surface area contributed by atoms with Crippen LogP contribution in [0.15, 0.2) is 59.7 Å². The van der Waals surface area contributed by atoms with Crippen molar-refractivity contribution in [1.29, 1.82) is 0 Å². The van der Waals surface area contributed by atoms with E-state index in [0.717, 1.165) is 59.1 Å². The van der Waals surface area contributed by atoms with E-state index in [-0.39, 0.29) is 6.04 Å². The molecule has 34 heavy (non-hydrogen) atoms. The minimum absolute atomic E-state index is 0.138. The molecule has 0 spiro atoms. The lowest BCUT2D eigenvalue weighted by molar-refractivity contribution is 0.140. The third-order valence-corrected chi connectivity index (χ3v) is 6.28. The lowest BCUT2D eigenvalue weighted by Crippen LogP contribution is -2.39. The highest BCUT2D eigenvalue weighted by Crippen LogP contribution is 2.35. The minimum Gasteiger partial charge on any atom is -0.495 e. The number of imidazole rings is 1.